The molecule has 4 rings (SSSR count). The van der Waals surface area contributed by atoms with Crippen molar-refractivity contribution in [2.45, 2.75) is 77.6 Å². The van der Waals surface area contributed by atoms with E-state index < -0.39 is 6.10 Å². The van der Waals surface area contributed by atoms with Crippen molar-refractivity contribution in [1.82, 2.24) is 9.97 Å². The Kier molecular flexibility index (Phi) is 9.50. The lowest BCUT2D eigenvalue weighted by atomic mass is 9.68. The average molecular weight is 573 g/mol. The molecule has 1 aliphatic carbocycles. The van der Waals surface area contributed by atoms with Crippen LogP contribution in [0.3, 0.4) is 0 Å². The third-order valence-corrected chi connectivity index (χ3v) is 9.49. The van der Waals surface area contributed by atoms with Crippen molar-refractivity contribution >= 4 is 40.5 Å². The van der Waals surface area contributed by atoms with Crippen LogP contribution in [0.4, 0.5) is 5.82 Å². The van der Waals surface area contributed by atoms with Gasteiger partial charge in [0.1, 0.15) is 18.2 Å². The SMILES string of the molecule is CCC[C@@H](O)COc1ccc(Cl)c(-c2nc(C(C(C)=O)=C(C)N)c(C)c(N3CC4(CCC(SC)CC4)C3)n2)c1. The Morgan fingerprint density at radius 1 is 1.28 bits per heavy atom. The van der Waals surface area contributed by atoms with Gasteiger partial charge in [0.25, 0.3) is 0 Å². The Balaban J connectivity index is 1.72. The van der Waals surface area contributed by atoms with E-state index in [4.69, 9.17) is 32.0 Å². The summed E-state index contributed by atoms with van der Waals surface area (Å²) in [6.45, 7) is 9.30. The molecule has 2 aromatic rings. The molecule has 1 spiro atoms. The lowest BCUT2D eigenvalue weighted by Crippen LogP contribution is -2.58. The molecule has 2 heterocycles. The number of carbonyl (C=O) groups excluding carboxylic acids is 1. The molecule has 0 amide bonds. The van der Waals surface area contributed by atoms with Gasteiger partial charge in [-0.05, 0) is 77.3 Å². The number of aliphatic hydroxyl groups is 1. The molecule has 212 valence electrons. The Bertz CT molecular complexity index is 1230. The third-order valence-electron chi connectivity index (χ3n) is 8.03. The number of carbonyl (C=O) groups is 1. The second kappa shape index (κ2) is 12.5. The number of benzene rings is 1. The van der Waals surface area contributed by atoms with Crippen LogP contribution in [0.15, 0.2) is 23.9 Å². The largest absolute Gasteiger partial charge is 0.491 e. The third kappa shape index (κ3) is 6.55. The smallest absolute Gasteiger partial charge is 0.163 e. The fraction of sp³-hybridized carbons (Fsp3) is 0.567. The van der Waals surface area contributed by atoms with Crippen LogP contribution in [0.2, 0.25) is 5.02 Å². The van der Waals surface area contributed by atoms with Crippen LogP contribution in [-0.2, 0) is 4.79 Å². The molecule has 39 heavy (non-hydrogen) atoms. The van der Waals surface area contributed by atoms with Gasteiger partial charge in [0.05, 0.1) is 22.4 Å². The molecular weight excluding hydrogens is 532 g/mol. The average Bonchev–Trinajstić information content (AvgIpc) is 2.88. The van der Waals surface area contributed by atoms with Crippen LogP contribution in [-0.4, -0.2) is 58.2 Å². The summed E-state index contributed by atoms with van der Waals surface area (Å²) in [5, 5.41) is 11.4. The summed E-state index contributed by atoms with van der Waals surface area (Å²) in [4.78, 5) is 24.9. The lowest BCUT2D eigenvalue weighted by Gasteiger charge is -2.54. The van der Waals surface area contributed by atoms with Gasteiger partial charge < -0.3 is 20.5 Å². The topological polar surface area (TPSA) is 102 Å². The highest BCUT2D eigenvalue weighted by atomic mass is 35.5. The molecule has 0 bridgehead atoms. The van der Waals surface area contributed by atoms with Crippen molar-refractivity contribution in [2.75, 3.05) is 30.9 Å². The van der Waals surface area contributed by atoms with E-state index in [0.29, 0.717) is 51.0 Å². The number of ketones is 1. The summed E-state index contributed by atoms with van der Waals surface area (Å²) in [6, 6.07) is 5.32. The molecular formula is C30H41ClN4O3S. The van der Waals surface area contributed by atoms with E-state index >= 15 is 0 Å². The van der Waals surface area contributed by atoms with E-state index in [9.17, 15) is 9.90 Å². The number of aliphatic hydroxyl groups excluding tert-OH is 1. The number of anilines is 1. The highest BCUT2D eigenvalue weighted by Gasteiger charge is 2.46. The van der Waals surface area contributed by atoms with Crippen molar-refractivity contribution in [1.29, 1.82) is 0 Å². The maximum atomic E-state index is 12.7. The number of nitrogens with zero attached hydrogens (tertiary/aromatic N) is 3. The van der Waals surface area contributed by atoms with Crippen LogP contribution in [0.5, 0.6) is 5.75 Å². The van der Waals surface area contributed by atoms with Crippen molar-refractivity contribution < 1.29 is 14.6 Å². The molecule has 3 N–H and O–H groups in total. The summed E-state index contributed by atoms with van der Waals surface area (Å²) in [5.41, 5.74) is 9.34. The molecule has 2 fully saturated rings. The number of aromatic nitrogens is 2. The number of halogens is 1. The molecule has 1 atom stereocenters. The van der Waals surface area contributed by atoms with Gasteiger partial charge in [0.2, 0.25) is 0 Å². The second-order valence-corrected chi connectivity index (χ2v) is 12.7. The molecule has 9 heteroatoms. The Morgan fingerprint density at radius 3 is 2.56 bits per heavy atom. The zero-order valence-corrected chi connectivity index (χ0v) is 25.3. The summed E-state index contributed by atoms with van der Waals surface area (Å²) in [6.07, 6.45) is 8.19. The highest BCUT2D eigenvalue weighted by molar-refractivity contribution is 7.99. The van der Waals surface area contributed by atoms with Gasteiger partial charge in [0.15, 0.2) is 11.6 Å². The molecule has 2 aliphatic rings. The fourth-order valence-electron chi connectivity index (χ4n) is 5.85. The van der Waals surface area contributed by atoms with E-state index in [2.05, 4.69) is 11.2 Å². The van der Waals surface area contributed by atoms with Gasteiger partial charge in [0, 0.05) is 40.6 Å². The molecule has 1 aromatic heterocycles. The number of nitrogens with two attached hydrogens (primary N) is 1. The van der Waals surface area contributed by atoms with E-state index in [1.165, 1.54) is 32.6 Å². The Hall–Kier alpha value is -2.29. The fourth-order valence-corrected chi connectivity index (χ4v) is 6.76. The highest BCUT2D eigenvalue weighted by Crippen LogP contribution is 2.48. The molecule has 1 saturated heterocycles. The molecule has 1 saturated carbocycles. The Labute approximate surface area is 241 Å². The number of Topliss-reactive ketones (excluding diaryl/α,β-unsaturated/α-hetero) is 1. The predicted molar refractivity (Wildman–Crippen MR) is 162 cm³/mol. The second-order valence-electron chi connectivity index (χ2n) is 11.1. The van der Waals surface area contributed by atoms with Crippen LogP contribution in [0, 0.1) is 12.3 Å². The standard InChI is InChI=1S/C30H41ClN4O3S/c1-6-7-21(37)15-38-22-8-9-25(31)24(14-22)28-33-27(26(19(3)32)20(4)36)18(2)29(34-28)35-16-30(17-35)12-10-23(39-5)11-13-30/h8-9,14,21,23,37H,6-7,10-13,15-17,32H2,1-5H3/t21-/m1/s1. The number of allylic oxidation sites excluding steroid dienone is 2. The number of rotatable bonds is 10. The van der Waals surface area contributed by atoms with Crippen molar-refractivity contribution in [2.24, 2.45) is 11.1 Å². The van der Waals surface area contributed by atoms with E-state index in [-0.39, 0.29) is 12.4 Å². The number of ether oxygens (including phenoxy) is 1. The summed E-state index contributed by atoms with van der Waals surface area (Å²) in [5.74, 6) is 1.66. The van der Waals surface area contributed by atoms with Gasteiger partial charge in [-0.15, -0.1) is 0 Å². The number of thioether (sulfide) groups is 1. The maximum Gasteiger partial charge on any atom is 0.163 e. The minimum absolute atomic E-state index is 0.141. The first-order valence-electron chi connectivity index (χ1n) is 13.8. The minimum Gasteiger partial charge on any atom is -0.491 e. The summed E-state index contributed by atoms with van der Waals surface area (Å²) in [7, 11) is 0. The minimum atomic E-state index is -0.538. The van der Waals surface area contributed by atoms with Crippen LogP contribution in [0.1, 0.15) is 70.6 Å². The van der Waals surface area contributed by atoms with E-state index in [1.807, 2.05) is 25.6 Å². The van der Waals surface area contributed by atoms with Crippen LogP contribution < -0.4 is 15.4 Å². The van der Waals surface area contributed by atoms with Crippen LogP contribution >= 0.6 is 23.4 Å². The van der Waals surface area contributed by atoms with Gasteiger partial charge in [-0.2, -0.15) is 11.8 Å². The molecule has 0 unspecified atom stereocenters. The summed E-state index contributed by atoms with van der Waals surface area (Å²) >= 11 is 8.64. The van der Waals surface area contributed by atoms with Gasteiger partial charge in [-0.3, -0.25) is 4.79 Å². The summed E-state index contributed by atoms with van der Waals surface area (Å²) < 4.78 is 5.86. The maximum absolute atomic E-state index is 12.7. The normalized spacial score (nSPS) is 18.5. The first kappa shape index (κ1) is 29.7. The van der Waals surface area contributed by atoms with Crippen molar-refractivity contribution in [3.8, 4) is 17.1 Å². The van der Waals surface area contributed by atoms with Gasteiger partial charge in [-0.25, -0.2) is 9.97 Å². The molecule has 1 aliphatic heterocycles. The van der Waals surface area contributed by atoms with Gasteiger partial charge >= 0.3 is 0 Å². The monoisotopic (exact) mass is 572 g/mol. The molecule has 7 nitrogen and oxygen atoms in total. The first-order chi connectivity index (χ1) is 18.6. The molecule has 1 aromatic carbocycles. The first-order valence-corrected chi connectivity index (χ1v) is 15.5. The van der Waals surface area contributed by atoms with Crippen molar-refractivity contribution in [3.63, 3.8) is 0 Å². The van der Waals surface area contributed by atoms with Crippen molar-refractivity contribution in [3.05, 3.63) is 40.2 Å². The van der Waals surface area contributed by atoms with Crippen LogP contribution in [0.25, 0.3) is 17.0 Å². The number of hydrogen-bond donors (Lipinski definition) is 2. The number of hydrogen-bond acceptors (Lipinski definition) is 8. The van der Waals surface area contributed by atoms with Gasteiger partial charge in [-0.1, -0.05) is 24.9 Å². The zero-order valence-electron chi connectivity index (χ0n) is 23.7. The lowest BCUT2D eigenvalue weighted by molar-refractivity contribution is -0.111. The zero-order chi connectivity index (χ0) is 28.3. The Morgan fingerprint density at radius 2 is 1.97 bits per heavy atom. The quantitative estimate of drug-likeness (QED) is 0.332. The van der Waals surface area contributed by atoms with E-state index in [1.54, 1.807) is 25.1 Å². The van der Waals surface area contributed by atoms with E-state index in [0.717, 1.165) is 36.1 Å². The molecule has 0 radical (unpaired) electrons. The predicted octanol–water partition coefficient (Wildman–Crippen LogP) is 6.04.